The van der Waals surface area contributed by atoms with Crippen LogP contribution in [0.5, 0.6) is 0 Å². The number of fused-ring (bicyclic) bond motifs is 1. The molecule has 42 heavy (non-hydrogen) atoms. The number of benzene rings is 2. The molecular formula is C34H38N6O2. The van der Waals surface area contributed by atoms with Crippen molar-refractivity contribution in [2.45, 2.75) is 25.3 Å². The first kappa shape index (κ1) is 27.7. The summed E-state index contributed by atoms with van der Waals surface area (Å²) in [5, 5.41) is 0. The van der Waals surface area contributed by atoms with Crippen molar-refractivity contribution >= 4 is 22.9 Å². The van der Waals surface area contributed by atoms with Gasteiger partial charge in [0.2, 0.25) is 5.95 Å². The fraction of sp³-hybridized carbons (Fsp3) is 0.324. The van der Waals surface area contributed by atoms with Crippen LogP contribution in [-0.2, 0) is 6.54 Å². The lowest BCUT2D eigenvalue weighted by Gasteiger charge is -2.28. The molecule has 2 aromatic carbocycles. The van der Waals surface area contributed by atoms with E-state index in [2.05, 4.69) is 55.7 Å². The van der Waals surface area contributed by atoms with Crippen molar-refractivity contribution in [2.75, 3.05) is 51.2 Å². The molecule has 6 rings (SSSR count). The molecule has 8 nitrogen and oxygen atoms in total. The molecule has 1 aliphatic rings. The van der Waals surface area contributed by atoms with E-state index in [9.17, 15) is 4.79 Å². The van der Waals surface area contributed by atoms with Gasteiger partial charge >= 0.3 is 0 Å². The molecule has 3 aromatic heterocycles. The third-order valence-electron chi connectivity index (χ3n) is 8.26. The Labute approximate surface area is 247 Å². The van der Waals surface area contributed by atoms with Crippen molar-refractivity contribution in [3.8, 4) is 0 Å². The number of pyridine rings is 1. The van der Waals surface area contributed by atoms with Crippen LogP contribution in [0.2, 0.25) is 0 Å². The highest BCUT2D eigenvalue weighted by molar-refractivity contribution is 5.94. The summed E-state index contributed by atoms with van der Waals surface area (Å²) in [6, 6.07) is 24.1. The van der Waals surface area contributed by atoms with Gasteiger partial charge in [0.05, 0.1) is 30.1 Å². The number of hydrogen-bond acceptors (Lipinski definition) is 6. The number of aromatic nitrogens is 3. The quantitative estimate of drug-likeness (QED) is 0.223. The Morgan fingerprint density at radius 1 is 0.952 bits per heavy atom. The molecule has 1 fully saturated rings. The van der Waals surface area contributed by atoms with Gasteiger partial charge in [-0.1, -0.05) is 30.3 Å². The van der Waals surface area contributed by atoms with Gasteiger partial charge in [-0.25, -0.2) is 4.98 Å². The Bertz CT molecular complexity index is 1570. The Morgan fingerprint density at radius 2 is 1.76 bits per heavy atom. The van der Waals surface area contributed by atoms with Crippen molar-refractivity contribution in [1.82, 2.24) is 24.3 Å². The number of nitrogens with zero attached hydrogens (tertiary/aromatic N) is 6. The molecule has 1 saturated heterocycles. The van der Waals surface area contributed by atoms with Crippen molar-refractivity contribution in [1.29, 1.82) is 0 Å². The molecular weight excluding hydrogens is 524 g/mol. The molecule has 4 heterocycles. The van der Waals surface area contributed by atoms with Gasteiger partial charge in [0.15, 0.2) is 0 Å². The van der Waals surface area contributed by atoms with E-state index in [0.29, 0.717) is 6.54 Å². The molecule has 0 bridgehead atoms. The van der Waals surface area contributed by atoms with Gasteiger partial charge in [-0.05, 0) is 74.0 Å². The highest BCUT2D eigenvalue weighted by atomic mass is 16.3. The third-order valence-corrected chi connectivity index (χ3v) is 8.26. The van der Waals surface area contributed by atoms with Gasteiger partial charge in [-0.2, -0.15) is 0 Å². The van der Waals surface area contributed by atoms with Crippen LogP contribution in [0, 0.1) is 0 Å². The van der Waals surface area contributed by atoms with E-state index >= 15 is 0 Å². The van der Waals surface area contributed by atoms with Crippen LogP contribution in [0.1, 0.15) is 40.2 Å². The lowest BCUT2D eigenvalue weighted by atomic mass is 9.95. The first-order valence-electron chi connectivity index (χ1n) is 14.8. The zero-order valence-electron chi connectivity index (χ0n) is 24.2. The molecule has 0 aliphatic carbocycles. The van der Waals surface area contributed by atoms with E-state index in [4.69, 9.17) is 9.40 Å². The van der Waals surface area contributed by atoms with E-state index in [1.54, 1.807) is 6.26 Å². The molecule has 5 aromatic rings. The number of furan rings is 1. The largest absolute Gasteiger partial charge is 0.472 e. The second-order valence-electron chi connectivity index (χ2n) is 11.1. The molecule has 1 unspecified atom stereocenters. The van der Waals surface area contributed by atoms with Gasteiger partial charge < -0.3 is 23.7 Å². The number of rotatable bonds is 10. The minimum atomic E-state index is 0.0541. The van der Waals surface area contributed by atoms with Crippen LogP contribution in [0.4, 0.5) is 5.95 Å². The molecule has 8 heteroatoms. The molecule has 1 amide bonds. The summed E-state index contributed by atoms with van der Waals surface area (Å²) < 4.78 is 7.67. The fourth-order valence-electron chi connectivity index (χ4n) is 5.97. The Morgan fingerprint density at radius 3 is 2.57 bits per heavy atom. The normalized spacial score (nSPS) is 15.0. The van der Waals surface area contributed by atoms with Crippen molar-refractivity contribution < 1.29 is 9.21 Å². The SMILES string of the molecule is CN(CC(CCN1CCCN(c2nc3ccccc3n2Cc2ccoc2)CC1)c1ccncc1)C(=O)c1ccccc1. The number of likely N-dealkylation sites (N-methyl/N-ethyl adjacent to an activating group) is 1. The lowest BCUT2D eigenvalue weighted by Crippen LogP contribution is -2.35. The Kier molecular flexibility index (Phi) is 8.61. The van der Waals surface area contributed by atoms with Crippen LogP contribution in [0.25, 0.3) is 11.0 Å². The van der Waals surface area contributed by atoms with Crippen molar-refractivity contribution in [2.24, 2.45) is 0 Å². The highest BCUT2D eigenvalue weighted by Gasteiger charge is 2.23. The van der Waals surface area contributed by atoms with Crippen LogP contribution in [0.15, 0.2) is 102 Å². The molecule has 0 radical (unpaired) electrons. The summed E-state index contributed by atoms with van der Waals surface area (Å²) in [5.41, 5.74) is 5.24. The van der Waals surface area contributed by atoms with Gasteiger partial charge in [-0.3, -0.25) is 9.78 Å². The number of hydrogen-bond donors (Lipinski definition) is 0. The summed E-state index contributed by atoms with van der Waals surface area (Å²) in [6.45, 7) is 6.26. The van der Waals surface area contributed by atoms with Crippen LogP contribution >= 0.6 is 0 Å². The molecule has 0 N–H and O–H groups in total. The highest BCUT2D eigenvalue weighted by Crippen LogP contribution is 2.26. The number of carbonyl (C=O) groups excluding carboxylic acids is 1. The summed E-state index contributed by atoms with van der Waals surface area (Å²) in [7, 11) is 1.91. The van der Waals surface area contributed by atoms with Gasteiger partial charge in [0.1, 0.15) is 0 Å². The standard InChI is InChI=1S/C34H38N6O2/c1-37(33(41)29-8-3-2-4-9-29)25-30(28-12-16-35-17-13-28)14-20-38-18-7-19-39(22-21-38)34-36-31-10-5-6-11-32(31)40(34)24-27-15-23-42-26-27/h2-6,8-13,15-17,23,26,30H,7,14,18-22,24-25H2,1H3. The number of carbonyl (C=O) groups is 1. The van der Waals surface area contributed by atoms with Crippen LogP contribution in [0.3, 0.4) is 0 Å². The summed E-state index contributed by atoms with van der Waals surface area (Å²) in [5.74, 6) is 1.30. The minimum absolute atomic E-state index is 0.0541. The number of para-hydroxylation sites is 2. The first-order chi connectivity index (χ1) is 20.7. The van der Waals surface area contributed by atoms with E-state index in [-0.39, 0.29) is 11.8 Å². The summed E-state index contributed by atoms with van der Waals surface area (Å²) in [6.07, 6.45) is 9.28. The van der Waals surface area contributed by atoms with Crippen molar-refractivity contribution in [3.05, 3.63) is 114 Å². The lowest BCUT2D eigenvalue weighted by molar-refractivity contribution is 0.0782. The topological polar surface area (TPSA) is 70.6 Å². The third kappa shape index (κ3) is 6.39. The number of imidazole rings is 1. The predicted molar refractivity (Wildman–Crippen MR) is 166 cm³/mol. The Hall–Kier alpha value is -4.43. The summed E-state index contributed by atoms with van der Waals surface area (Å²) >= 11 is 0. The van der Waals surface area contributed by atoms with Gasteiger partial charge in [0, 0.05) is 62.7 Å². The molecule has 0 saturated carbocycles. The van der Waals surface area contributed by atoms with Gasteiger partial charge in [0.25, 0.3) is 5.91 Å². The predicted octanol–water partition coefficient (Wildman–Crippen LogP) is 5.53. The molecule has 1 aliphatic heterocycles. The smallest absolute Gasteiger partial charge is 0.253 e. The van der Waals surface area contributed by atoms with E-state index in [0.717, 1.165) is 80.2 Å². The summed E-state index contributed by atoms with van der Waals surface area (Å²) in [4.78, 5) is 29.3. The maximum atomic E-state index is 13.1. The van der Waals surface area contributed by atoms with E-state index in [1.807, 2.05) is 67.0 Å². The van der Waals surface area contributed by atoms with Crippen molar-refractivity contribution in [3.63, 3.8) is 0 Å². The second kappa shape index (κ2) is 13.0. The maximum Gasteiger partial charge on any atom is 0.253 e. The second-order valence-corrected chi connectivity index (χ2v) is 11.1. The monoisotopic (exact) mass is 562 g/mol. The fourth-order valence-corrected chi connectivity index (χ4v) is 5.97. The average molecular weight is 563 g/mol. The van der Waals surface area contributed by atoms with Crippen LogP contribution < -0.4 is 4.90 Å². The zero-order chi connectivity index (χ0) is 28.7. The van der Waals surface area contributed by atoms with Crippen LogP contribution in [-0.4, -0.2) is 76.6 Å². The van der Waals surface area contributed by atoms with E-state index < -0.39 is 0 Å². The van der Waals surface area contributed by atoms with Gasteiger partial charge in [-0.15, -0.1) is 0 Å². The minimum Gasteiger partial charge on any atom is -0.472 e. The number of anilines is 1. The molecule has 0 spiro atoms. The first-order valence-corrected chi connectivity index (χ1v) is 14.8. The maximum absolute atomic E-state index is 13.1. The number of amides is 1. The molecule has 1 atom stereocenters. The molecule has 216 valence electrons. The van der Waals surface area contributed by atoms with E-state index in [1.165, 1.54) is 5.56 Å². The zero-order valence-corrected chi connectivity index (χ0v) is 24.2. The Balaban J connectivity index is 1.13. The average Bonchev–Trinajstić information content (AvgIpc) is 3.62.